The molecule has 0 radical (unpaired) electrons. The summed E-state index contributed by atoms with van der Waals surface area (Å²) in [5.74, 6) is -1.44. The number of fused-ring (bicyclic) bond motifs is 1. The second-order valence-electron chi connectivity index (χ2n) is 7.20. The molecule has 2 saturated heterocycles. The minimum atomic E-state index is -0.821. The fourth-order valence-electron chi connectivity index (χ4n) is 3.88. The maximum absolute atomic E-state index is 13.4. The monoisotopic (exact) mass is 482 g/mol. The Bertz CT molecular complexity index is 1030. The zero-order valence-electron chi connectivity index (χ0n) is 16.1. The quantitative estimate of drug-likeness (QED) is 0.646. The van der Waals surface area contributed by atoms with E-state index in [0.29, 0.717) is 27.9 Å². The molecule has 162 valence electrons. The number of anilines is 1. The SMILES string of the molecule is O=C(COC(=O)[C@H]1CS[C@]2(c3ccc(F)cc3)CCC(=O)N12)Nc1cc(Cl)cc(Cl)c1. The van der Waals surface area contributed by atoms with Crippen LogP contribution >= 0.6 is 35.0 Å². The van der Waals surface area contributed by atoms with Gasteiger partial charge in [-0.25, -0.2) is 9.18 Å². The molecule has 6 nitrogen and oxygen atoms in total. The van der Waals surface area contributed by atoms with Crippen molar-refractivity contribution in [2.75, 3.05) is 17.7 Å². The van der Waals surface area contributed by atoms with E-state index in [2.05, 4.69) is 5.32 Å². The van der Waals surface area contributed by atoms with Gasteiger partial charge in [-0.1, -0.05) is 35.3 Å². The number of carbonyl (C=O) groups is 3. The highest BCUT2D eigenvalue weighted by Crippen LogP contribution is 2.54. The second kappa shape index (κ2) is 8.68. The number of nitrogens with one attached hydrogen (secondary N) is 1. The van der Waals surface area contributed by atoms with Crippen LogP contribution in [0.1, 0.15) is 18.4 Å². The predicted octanol–water partition coefficient (Wildman–Crippen LogP) is 4.21. The van der Waals surface area contributed by atoms with Crippen LogP contribution in [-0.4, -0.2) is 41.1 Å². The molecule has 2 aliphatic heterocycles. The molecule has 0 aliphatic carbocycles. The molecule has 0 spiro atoms. The smallest absolute Gasteiger partial charge is 0.330 e. The van der Waals surface area contributed by atoms with Crippen molar-refractivity contribution in [2.24, 2.45) is 0 Å². The number of benzene rings is 2. The first-order chi connectivity index (χ1) is 14.8. The molecule has 2 aromatic carbocycles. The van der Waals surface area contributed by atoms with Gasteiger partial charge in [0.15, 0.2) is 6.61 Å². The van der Waals surface area contributed by atoms with Crippen LogP contribution in [0.25, 0.3) is 0 Å². The molecule has 2 heterocycles. The normalized spacial score (nSPS) is 22.4. The molecule has 10 heteroatoms. The van der Waals surface area contributed by atoms with E-state index in [-0.39, 0.29) is 18.1 Å². The molecule has 2 amide bonds. The van der Waals surface area contributed by atoms with Gasteiger partial charge in [-0.2, -0.15) is 0 Å². The van der Waals surface area contributed by atoms with Gasteiger partial charge in [0.1, 0.15) is 16.7 Å². The van der Waals surface area contributed by atoms with E-state index in [1.54, 1.807) is 12.1 Å². The molecule has 0 bridgehead atoms. The predicted molar refractivity (Wildman–Crippen MR) is 116 cm³/mol. The molecule has 0 saturated carbocycles. The standard InChI is InChI=1S/C21H17Cl2FN2O4S/c22-13-7-14(23)9-16(8-13)25-18(27)10-30-20(29)17-11-31-21(6-5-19(28)26(17)21)12-1-3-15(24)4-2-12/h1-4,7-9,17H,5-6,10-11H2,(H,25,27)/t17-,21+/m1/s1. The molecule has 0 unspecified atom stereocenters. The van der Waals surface area contributed by atoms with Gasteiger partial charge in [-0.3, -0.25) is 9.59 Å². The highest BCUT2D eigenvalue weighted by atomic mass is 35.5. The lowest BCUT2D eigenvalue weighted by atomic mass is 10.0. The molecule has 2 atom stereocenters. The first-order valence-electron chi connectivity index (χ1n) is 9.43. The third-order valence-electron chi connectivity index (χ3n) is 5.19. The molecular weight excluding hydrogens is 466 g/mol. The van der Waals surface area contributed by atoms with Crippen LogP contribution in [0.4, 0.5) is 10.1 Å². The van der Waals surface area contributed by atoms with Crippen molar-refractivity contribution < 1.29 is 23.5 Å². The lowest BCUT2D eigenvalue weighted by molar-refractivity contribution is -0.155. The van der Waals surface area contributed by atoms with Crippen LogP contribution in [0.15, 0.2) is 42.5 Å². The van der Waals surface area contributed by atoms with Crippen LogP contribution in [0.5, 0.6) is 0 Å². The van der Waals surface area contributed by atoms with E-state index >= 15 is 0 Å². The maximum Gasteiger partial charge on any atom is 0.330 e. The molecule has 31 heavy (non-hydrogen) atoms. The summed E-state index contributed by atoms with van der Waals surface area (Å²) in [5.41, 5.74) is 1.13. The zero-order valence-corrected chi connectivity index (χ0v) is 18.4. The van der Waals surface area contributed by atoms with E-state index < -0.39 is 29.4 Å². The highest BCUT2D eigenvalue weighted by Gasteiger charge is 2.57. The number of carbonyl (C=O) groups excluding carboxylic acids is 3. The van der Waals surface area contributed by atoms with Gasteiger partial charge in [0.2, 0.25) is 5.91 Å². The van der Waals surface area contributed by atoms with Crippen molar-refractivity contribution in [1.82, 2.24) is 4.90 Å². The van der Waals surface area contributed by atoms with Crippen molar-refractivity contribution in [3.05, 3.63) is 63.9 Å². The van der Waals surface area contributed by atoms with E-state index in [9.17, 15) is 18.8 Å². The van der Waals surface area contributed by atoms with E-state index in [4.69, 9.17) is 27.9 Å². The first-order valence-corrected chi connectivity index (χ1v) is 11.2. The van der Waals surface area contributed by atoms with Crippen molar-refractivity contribution in [2.45, 2.75) is 23.8 Å². The number of hydrogen-bond acceptors (Lipinski definition) is 5. The van der Waals surface area contributed by atoms with Gasteiger partial charge in [0.05, 0.1) is 0 Å². The Hall–Kier alpha value is -2.29. The number of rotatable bonds is 5. The maximum atomic E-state index is 13.4. The van der Waals surface area contributed by atoms with Crippen molar-refractivity contribution >= 4 is 58.4 Å². The molecule has 1 N–H and O–H groups in total. The number of thioether (sulfide) groups is 1. The van der Waals surface area contributed by atoms with Gasteiger partial charge in [0.25, 0.3) is 5.91 Å². The third kappa shape index (κ3) is 4.37. The third-order valence-corrected chi connectivity index (χ3v) is 7.22. The van der Waals surface area contributed by atoms with E-state index in [0.717, 1.165) is 5.56 Å². The van der Waals surface area contributed by atoms with Crippen LogP contribution in [0.2, 0.25) is 10.0 Å². The number of esters is 1. The minimum absolute atomic E-state index is 0.172. The number of amides is 2. The number of hydrogen-bond donors (Lipinski definition) is 1. The van der Waals surface area contributed by atoms with E-state index in [1.807, 2.05) is 0 Å². The van der Waals surface area contributed by atoms with Gasteiger partial charge < -0.3 is 15.0 Å². The van der Waals surface area contributed by atoms with Crippen LogP contribution in [0, 0.1) is 5.82 Å². The minimum Gasteiger partial charge on any atom is -0.454 e. The topological polar surface area (TPSA) is 75.7 Å². The van der Waals surface area contributed by atoms with Crippen LogP contribution < -0.4 is 5.32 Å². The summed E-state index contributed by atoms with van der Waals surface area (Å²) in [6, 6.07) is 9.67. The Morgan fingerprint density at radius 2 is 1.87 bits per heavy atom. The summed E-state index contributed by atoms with van der Waals surface area (Å²) in [5, 5.41) is 3.27. The largest absolute Gasteiger partial charge is 0.454 e. The number of ether oxygens (including phenoxy) is 1. The molecule has 2 aromatic rings. The van der Waals surface area contributed by atoms with Gasteiger partial charge in [-0.05, 0) is 42.3 Å². The summed E-state index contributed by atoms with van der Waals surface area (Å²) < 4.78 is 18.6. The van der Waals surface area contributed by atoms with E-state index in [1.165, 1.54) is 47.0 Å². The fraction of sp³-hybridized carbons (Fsp3) is 0.286. The summed E-state index contributed by atoms with van der Waals surface area (Å²) >= 11 is 13.3. The lowest BCUT2D eigenvalue weighted by Crippen LogP contribution is -2.47. The average molecular weight is 483 g/mol. The Kier molecular flexibility index (Phi) is 6.14. The Labute approximate surface area is 192 Å². The number of halogens is 3. The van der Waals surface area contributed by atoms with Crippen molar-refractivity contribution in [3.63, 3.8) is 0 Å². The Morgan fingerprint density at radius 1 is 1.19 bits per heavy atom. The summed E-state index contributed by atoms with van der Waals surface area (Å²) in [4.78, 5) is 38.3. The highest BCUT2D eigenvalue weighted by molar-refractivity contribution is 8.00. The Balaban J connectivity index is 1.42. The second-order valence-corrected chi connectivity index (χ2v) is 9.37. The van der Waals surface area contributed by atoms with Gasteiger partial charge >= 0.3 is 5.97 Å². The molecular formula is C21H17Cl2FN2O4S. The Morgan fingerprint density at radius 3 is 2.55 bits per heavy atom. The number of nitrogens with zero attached hydrogens (tertiary/aromatic N) is 1. The van der Waals surface area contributed by atoms with Gasteiger partial charge in [0, 0.05) is 27.9 Å². The zero-order chi connectivity index (χ0) is 22.2. The first kappa shape index (κ1) is 21.9. The van der Waals surface area contributed by atoms with Crippen LogP contribution in [-0.2, 0) is 24.0 Å². The molecule has 2 aliphatic rings. The van der Waals surface area contributed by atoms with Crippen molar-refractivity contribution in [3.8, 4) is 0 Å². The lowest BCUT2D eigenvalue weighted by Gasteiger charge is -2.33. The molecule has 0 aromatic heterocycles. The summed E-state index contributed by atoms with van der Waals surface area (Å²) in [6.45, 7) is -0.518. The van der Waals surface area contributed by atoms with Crippen LogP contribution in [0.3, 0.4) is 0 Å². The fourth-order valence-corrected chi connectivity index (χ4v) is 6.05. The summed E-state index contributed by atoms with van der Waals surface area (Å²) in [7, 11) is 0. The molecule has 4 rings (SSSR count). The summed E-state index contributed by atoms with van der Waals surface area (Å²) in [6.07, 6.45) is 0.798. The molecule has 2 fully saturated rings. The van der Waals surface area contributed by atoms with Crippen molar-refractivity contribution in [1.29, 1.82) is 0 Å². The average Bonchev–Trinajstić information content (AvgIpc) is 3.25. The van der Waals surface area contributed by atoms with Gasteiger partial charge in [-0.15, -0.1) is 11.8 Å².